The van der Waals surface area contributed by atoms with Crippen LogP contribution in [0.5, 0.6) is 0 Å². The van der Waals surface area contributed by atoms with Gasteiger partial charge in [0.05, 0.1) is 6.04 Å². The maximum absolute atomic E-state index is 11.7. The number of rotatable bonds is 4. The smallest absolute Gasteiger partial charge is 0.320 e. The molecule has 2 unspecified atom stereocenters. The van der Waals surface area contributed by atoms with Crippen molar-refractivity contribution in [3.63, 3.8) is 0 Å². The number of carboxylic acids is 1. The minimum absolute atomic E-state index is 0.0603. The number of aliphatic carboxylic acids is 1. The summed E-state index contributed by atoms with van der Waals surface area (Å²) >= 11 is 6.02. The zero-order valence-corrected chi connectivity index (χ0v) is 13.6. The highest BCUT2D eigenvalue weighted by atomic mass is 35.5. The number of nitrogens with zero attached hydrogens (tertiary/aromatic N) is 1. The van der Waals surface area contributed by atoms with Crippen LogP contribution in [0, 0.1) is 0 Å². The Bertz CT molecular complexity index is 657. The Hall–Kier alpha value is -1.84. The minimum atomic E-state index is -0.736. The lowest BCUT2D eigenvalue weighted by atomic mass is 9.92. The highest BCUT2D eigenvalue weighted by Gasteiger charge is 2.34. The molecule has 1 aliphatic heterocycles. The summed E-state index contributed by atoms with van der Waals surface area (Å²) in [5.74, 6) is -0.736. The first-order chi connectivity index (χ1) is 11.2. The number of benzene rings is 2. The highest BCUT2D eigenvalue weighted by Crippen LogP contribution is 2.34. The van der Waals surface area contributed by atoms with E-state index >= 15 is 0 Å². The quantitative estimate of drug-likeness (QED) is 0.905. The van der Waals surface area contributed by atoms with Crippen molar-refractivity contribution in [3.8, 4) is 0 Å². The van der Waals surface area contributed by atoms with Crippen LogP contribution in [0.1, 0.15) is 36.4 Å². The molecule has 1 N–H and O–H groups in total. The molecule has 23 heavy (non-hydrogen) atoms. The Labute approximate surface area is 141 Å². The Morgan fingerprint density at radius 1 is 1.04 bits per heavy atom. The van der Waals surface area contributed by atoms with E-state index in [2.05, 4.69) is 17.0 Å². The molecule has 1 aliphatic rings. The van der Waals surface area contributed by atoms with Gasteiger partial charge in [0.15, 0.2) is 0 Å². The largest absolute Gasteiger partial charge is 0.480 e. The number of carbonyl (C=O) groups is 1. The second-order valence-corrected chi connectivity index (χ2v) is 6.39. The topological polar surface area (TPSA) is 40.5 Å². The molecule has 1 fully saturated rings. The fourth-order valence-corrected chi connectivity index (χ4v) is 3.51. The van der Waals surface area contributed by atoms with Gasteiger partial charge in [-0.1, -0.05) is 60.5 Å². The van der Waals surface area contributed by atoms with Crippen LogP contribution in [-0.2, 0) is 4.79 Å². The normalized spacial score (nSPS) is 20.1. The van der Waals surface area contributed by atoms with E-state index < -0.39 is 12.0 Å². The van der Waals surface area contributed by atoms with Crippen molar-refractivity contribution in [1.82, 2.24) is 4.90 Å². The molecule has 0 amide bonds. The van der Waals surface area contributed by atoms with Gasteiger partial charge in [-0.25, -0.2) is 0 Å². The molecule has 0 bridgehead atoms. The molecule has 1 saturated heterocycles. The van der Waals surface area contributed by atoms with E-state index in [1.165, 1.54) is 0 Å². The second kappa shape index (κ2) is 7.16. The van der Waals surface area contributed by atoms with E-state index in [9.17, 15) is 9.90 Å². The van der Waals surface area contributed by atoms with E-state index in [1.807, 2.05) is 42.5 Å². The van der Waals surface area contributed by atoms with Crippen molar-refractivity contribution in [1.29, 1.82) is 0 Å². The Kier molecular flexibility index (Phi) is 4.99. The summed E-state index contributed by atoms with van der Waals surface area (Å²) in [5.41, 5.74) is 2.19. The van der Waals surface area contributed by atoms with Gasteiger partial charge in [-0.3, -0.25) is 9.69 Å². The zero-order chi connectivity index (χ0) is 16.2. The third-order valence-corrected chi connectivity index (χ3v) is 4.71. The van der Waals surface area contributed by atoms with E-state index in [1.54, 1.807) is 0 Å². The summed E-state index contributed by atoms with van der Waals surface area (Å²) < 4.78 is 0. The van der Waals surface area contributed by atoms with Crippen molar-refractivity contribution in [2.24, 2.45) is 0 Å². The van der Waals surface area contributed by atoms with Gasteiger partial charge in [0.1, 0.15) is 6.04 Å². The van der Waals surface area contributed by atoms with Gasteiger partial charge in [0.25, 0.3) is 0 Å². The first kappa shape index (κ1) is 16.0. The summed E-state index contributed by atoms with van der Waals surface area (Å²) in [4.78, 5) is 13.8. The van der Waals surface area contributed by atoms with Crippen molar-refractivity contribution in [2.75, 3.05) is 6.54 Å². The van der Waals surface area contributed by atoms with Crippen LogP contribution in [0.25, 0.3) is 0 Å². The zero-order valence-electron chi connectivity index (χ0n) is 12.9. The SMILES string of the molecule is O=C(O)C1CCCCN1C(c1ccccc1)c1ccc(Cl)cc1. The molecule has 0 spiro atoms. The minimum Gasteiger partial charge on any atom is -0.480 e. The van der Waals surface area contributed by atoms with Gasteiger partial charge in [0, 0.05) is 5.02 Å². The summed E-state index contributed by atoms with van der Waals surface area (Å²) in [7, 11) is 0. The van der Waals surface area contributed by atoms with Gasteiger partial charge in [-0.15, -0.1) is 0 Å². The molecule has 0 aromatic heterocycles. The van der Waals surface area contributed by atoms with Crippen LogP contribution in [0.15, 0.2) is 54.6 Å². The third kappa shape index (κ3) is 3.57. The molecule has 3 rings (SSSR count). The molecular formula is C19H20ClNO2. The first-order valence-corrected chi connectivity index (χ1v) is 8.33. The number of carboxylic acid groups (broad SMARTS) is 1. The summed E-state index contributed by atoms with van der Waals surface area (Å²) in [6.45, 7) is 0.791. The number of likely N-dealkylation sites (tertiary alicyclic amines) is 1. The molecule has 2 atom stereocenters. The maximum Gasteiger partial charge on any atom is 0.320 e. The second-order valence-electron chi connectivity index (χ2n) is 5.95. The number of hydrogen-bond donors (Lipinski definition) is 1. The van der Waals surface area contributed by atoms with Crippen molar-refractivity contribution in [3.05, 3.63) is 70.7 Å². The van der Waals surface area contributed by atoms with Crippen molar-refractivity contribution in [2.45, 2.75) is 31.3 Å². The van der Waals surface area contributed by atoms with Gasteiger partial charge in [-0.05, 0) is 42.6 Å². The molecule has 1 heterocycles. The van der Waals surface area contributed by atoms with Crippen LogP contribution in [0.2, 0.25) is 5.02 Å². The predicted molar refractivity (Wildman–Crippen MR) is 91.7 cm³/mol. The van der Waals surface area contributed by atoms with Crippen molar-refractivity contribution < 1.29 is 9.90 Å². The Morgan fingerprint density at radius 3 is 2.35 bits per heavy atom. The molecule has 120 valence electrons. The fourth-order valence-electron chi connectivity index (χ4n) is 3.38. The average Bonchev–Trinajstić information content (AvgIpc) is 2.58. The van der Waals surface area contributed by atoms with Crippen LogP contribution in [0.4, 0.5) is 0 Å². The third-order valence-electron chi connectivity index (χ3n) is 4.46. The molecule has 2 aromatic rings. The van der Waals surface area contributed by atoms with Gasteiger partial charge in [-0.2, -0.15) is 0 Å². The van der Waals surface area contributed by atoms with E-state index in [0.29, 0.717) is 11.4 Å². The van der Waals surface area contributed by atoms with Gasteiger partial charge in [0.2, 0.25) is 0 Å². The maximum atomic E-state index is 11.7. The Balaban J connectivity index is 2.04. The monoisotopic (exact) mass is 329 g/mol. The molecular weight excluding hydrogens is 310 g/mol. The highest BCUT2D eigenvalue weighted by molar-refractivity contribution is 6.30. The number of piperidine rings is 1. The van der Waals surface area contributed by atoms with Crippen LogP contribution in [-0.4, -0.2) is 28.6 Å². The standard InChI is InChI=1S/C19H20ClNO2/c20-16-11-9-15(10-12-16)18(14-6-2-1-3-7-14)21-13-5-4-8-17(21)19(22)23/h1-3,6-7,9-12,17-18H,4-5,8,13H2,(H,22,23). The molecule has 0 saturated carbocycles. The predicted octanol–water partition coefficient (Wildman–Crippen LogP) is 4.37. The van der Waals surface area contributed by atoms with Gasteiger partial charge >= 0.3 is 5.97 Å². The van der Waals surface area contributed by atoms with E-state index in [-0.39, 0.29) is 6.04 Å². The van der Waals surface area contributed by atoms with Crippen LogP contribution >= 0.6 is 11.6 Å². The average molecular weight is 330 g/mol. The fraction of sp³-hybridized carbons (Fsp3) is 0.316. The first-order valence-electron chi connectivity index (χ1n) is 7.96. The molecule has 3 nitrogen and oxygen atoms in total. The molecule has 2 aromatic carbocycles. The summed E-state index contributed by atoms with van der Waals surface area (Å²) in [6.07, 6.45) is 2.70. The molecule has 4 heteroatoms. The molecule has 0 aliphatic carbocycles. The lowest BCUT2D eigenvalue weighted by Crippen LogP contribution is -2.46. The Morgan fingerprint density at radius 2 is 1.70 bits per heavy atom. The van der Waals surface area contributed by atoms with Gasteiger partial charge < -0.3 is 5.11 Å². The summed E-state index contributed by atoms with van der Waals surface area (Å²) in [5, 5.41) is 10.3. The lowest BCUT2D eigenvalue weighted by molar-refractivity contribution is -0.145. The number of halogens is 1. The van der Waals surface area contributed by atoms with E-state index in [0.717, 1.165) is 30.5 Å². The van der Waals surface area contributed by atoms with Crippen LogP contribution < -0.4 is 0 Å². The van der Waals surface area contributed by atoms with Crippen LogP contribution in [0.3, 0.4) is 0 Å². The summed E-state index contributed by atoms with van der Waals surface area (Å²) in [6, 6.07) is 17.3. The lowest BCUT2D eigenvalue weighted by Gasteiger charge is -2.39. The number of hydrogen-bond acceptors (Lipinski definition) is 2. The van der Waals surface area contributed by atoms with E-state index in [4.69, 9.17) is 11.6 Å². The molecule has 0 radical (unpaired) electrons. The van der Waals surface area contributed by atoms with Crippen molar-refractivity contribution >= 4 is 17.6 Å².